The Hall–Kier alpha value is -2.31. The summed E-state index contributed by atoms with van der Waals surface area (Å²) in [5.41, 5.74) is 1.11. The lowest BCUT2D eigenvalue weighted by Crippen LogP contribution is -2.38. The van der Waals surface area contributed by atoms with Gasteiger partial charge >= 0.3 is 0 Å². The molecular formula is C21H23Cl2FN2O3. The molecule has 0 aliphatic heterocycles. The van der Waals surface area contributed by atoms with Gasteiger partial charge in [-0.25, -0.2) is 4.39 Å². The molecule has 2 aromatic rings. The van der Waals surface area contributed by atoms with Gasteiger partial charge in [-0.3, -0.25) is 9.59 Å². The Morgan fingerprint density at radius 3 is 2.55 bits per heavy atom. The predicted octanol–water partition coefficient (Wildman–Crippen LogP) is 4.95. The first-order valence-corrected chi connectivity index (χ1v) is 9.94. The van der Waals surface area contributed by atoms with E-state index in [0.29, 0.717) is 40.7 Å². The largest absolute Gasteiger partial charge is 0.494 e. The highest BCUT2D eigenvalue weighted by Gasteiger charge is 2.17. The first-order valence-electron chi connectivity index (χ1n) is 9.19. The fourth-order valence-electron chi connectivity index (χ4n) is 2.79. The van der Waals surface area contributed by atoms with E-state index in [2.05, 4.69) is 5.32 Å². The van der Waals surface area contributed by atoms with Gasteiger partial charge in [0, 0.05) is 18.0 Å². The van der Waals surface area contributed by atoms with Gasteiger partial charge in [0.05, 0.1) is 24.4 Å². The van der Waals surface area contributed by atoms with Crippen LogP contribution in [0.3, 0.4) is 0 Å². The summed E-state index contributed by atoms with van der Waals surface area (Å²) in [6.07, 6.45) is 1.24. The zero-order valence-electron chi connectivity index (χ0n) is 16.3. The van der Waals surface area contributed by atoms with E-state index in [9.17, 15) is 14.0 Å². The number of methoxy groups -OCH3 is 1. The van der Waals surface area contributed by atoms with Crippen molar-refractivity contribution in [1.82, 2.24) is 4.90 Å². The molecule has 2 rings (SSSR count). The topological polar surface area (TPSA) is 58.6 Å². The van der Waals surface area contributed by atoms with E-state index in [1.54, 1.807) is 18.2 Å². The molecule has 0 radical (unpaired) electrons. The Balaban J connectivity index is 1.95. The fraction of sp³-hybridized carbons (Fsp3) is 0.333. The van der Waals surface area contributed by atoms with Crippen LogP contribution in [0.5, 0.6) is 5.75 Å². The summed E-state index contributed by atoms with van der Waals surface area (Å²) in [5, 5.41) is 3.47. The van der Waals surface area contributed by atoms with Crippen LogP contribution in [0.25, 0.3) is 0 Å². The molecule has 29 heavy (non-hydrogen) atoms. The van der Waals surface area contributed by atoms with E-state index in [4.69, 9.17) is 27.9 Å². The zero-order valence-corrected chi connectivity index (χ0v) is 17.8. The molecule has 0 unspecified atom stereocenters. The van der Waals surface area contributed by atoms with Gasteiger partial charge in [-0.05, 0) is 48.7 Å². The van der Waals surface area contributed by atoms with Gasteiger partial charge in [0.1, 0.15) is 0 Å². The minimum absolute atomic E-state index is 0.0946. The van der Waals surface area contributed by atoms with Crippen molar-refractivity contribution < 1.29 is 18.7 Å². The first kappa shape index (κ1) is 23.0. The number of hydrogen-bond donors (Lipinski definition) is 1. The van der Waals surface area contributed by atoms with Crippen molar-refractivity contribution in [2.24, 2.45) is 0 Å². The van der Waals surface area contributed by atoms with Crippen molar-refractivity contribution in [2.45, 2.75) is 26.2 Å². The van der Waals surface area contributed by atoms with Crippen LogP contribution in [0.4, 0.5) is 10.1 Å². The third-order valence-corrected chi connectivity index (χ3v) is 4.78. The second kappa shape index (κ2) is 11.0. The molecule has 0 saturated carbocycles. The number of aryl methyl sites for hydroxylation is 1. The maximum absolute atomic E-state index is 13.8. The average Bonchev–Trinajstić information content (AvgIpc) is 2.68. The Labute approximate surface area is 179 Å². The molecule has 8 heteroatoms. The maximum atomic E-state index is 13.8. The van der Waals surface area contributed by atoms with Gasteiger partial charge in [-0.15, -0.1) is 0 Å². The molecule has 0 saturated heterocycles. The van der Waals surface area contributed by atoms with Crippen LogP contribution in [0.15, 0.2) is 36.4 Å². The van der Waals surface area contributed by atoms with Gasteiger partial charge in [0.2, 0.25) is 11.8 Å². The monoisotopic (exact) mass is 440 g/mol. The smallest absolute Gasteiger partial charge is 0.244 e. The predicted molar refractivity (Wildman–Crippen MR) is 113 cm³/mol. The van der Waals surface area contributed by atoms with Crippen LogP contribution in [0.1, 0.15) is 25.3 Å². The molecule has 0 aromatic heterocycles. The third kappa shape index (κ3) is 6.91. The highest BCUT2D eigenvalue weighted by molar-refractivity contribution is 6.36. The van der Waals surface area contributed by atoms with Gasteiger partial charge < -0.3 is 15.0 Å². The van der Waals surface area contributed by atoms with Crippen LogP contribution in [-0.4, -0.2) is 36.9 Å². The summed E-state index contributed by atoms with van der Waals surface area (Å²) < 4.78 is 18.7. The van der Waals surface area contributed by atoms with Gasteiger partial charge in [-0.2, -0.15) is 0 Å². The minimum Gasteiger partial charge on any atom is -0.494 e. The maximum Gasteiger partial charge on any atom is 0.244 e. The number of carbonyl (C=O) groups is 2. The van der Waals surface area contributed by atoms with Gasteiger partial charge in [-0.1, -0.05) is 36.2 Å². The normalized spacial score (nSPS) is 10.5. The van der Waals surface area contributed by atoms with E-state index in [1.165, 1.54) is 30.2 Å². The van der Waals surface area contributed by atoms with Gasteiger partial charge in [0.25, 0.3) is 0 Å². The second-order valence-corrected chi connectivity index (χ2v) is 7.30. The minimum atomic E-state index is -0.470. The van der Waals surface area contributed by atoms with E-state index in [1.807, 2.05) is 6.92 Å². The van der Waals surface area contributed by atoms with Crippen molar-refractivity contribution in [1.29, 1.82) is 0 Å². The summed E-state index contributed by atoms with van der Waals surface area (Å²) in [4.78, 5) is 26.5. The van der Waals surface area contributed by atoms with Gasteiger partial charge in [0.15, 0.2) is 11.6 Å². The standard InChI is InChI=1S/C21H23Cl2FN2O3/c1-3-10-26(13-20(27)25-18-7-6-15(22)12-16(18)23)21(28)9-5-14-4-8-19(29-2)17(24)11-14/h4,6-8,11-12H,3,5,9-10,13H2,1-2H3,(H,25,27). The quantitative estimate of drug-likeness (QED) is 0.599. The summed E-state index contributed by atoms with van der Waals surface area (Å²) in [6, 6.07) is 9.35. The molecule has 0 heterocycles. The SMILES string of the molecule is CCCN(CC(=O)Nc1ccc(Cl)cc1Cl)C(=O)CCc1ccc(OC)c(F)c1. The first-order chi connectivity index (χ1) is 13.8. The molecular weight excluding hydrogens is 418 g/mol. The van der Waals surface area contributed by atoms with Crippen LogP contribution in [0, 0.1) is 5.82 Å². The number of carbonyl (C=O) groups excluding carboxylic acids is 2. The number of rotatable bonds is 9. The summed E-state index contributed by atoms with van der Waals surface area (Å²) in [5.74, 6) is -0.848. The molecule has 156 valence electrons. The fourth-order valence-corrected chi connectivity index (χ4v) is 3.25. The summed E-state index contributed by atoms with van der Waals surface area (Å²) in [7, 11) is 1.40. The number of nitrogens with one attached hydrogen (secondary N) is 1. The lowest BCUT2D eigenvalue weighted by molar-refractivity contribution is -0.134. The lowest BCUT2D eigenvalue weighted by Gasteiger charge is -2.22. The molecule has 0 atom stereocenters. The average molecular weight is 441 g/mol. The van der Waals surface area contributed by atoms with Crippen LogP contribution in [0.2, 0.25) is 10.0 Å². The highest BCUT2D eigenvalue weighted by atomic mass is 35.5. The molecule has 0 bridgehead atoms. The van der Waals surface area contributed by atoms with E-state index >= 15 is 0 Å². The van der Waals surface area contributed by atoms with Crippen molar-refractivity contribution >= 4 is 40.7 Å². The number of ether oxygens (including phenoxy) is 1. The molecule has 1 N–H and O–H groups in total. The van der Waals surface area contributed by atoms with E-state index in [-0.39, 0.29) is 30.5 Å². The number of amides is 2. The molecule has 0 aliphatic carbocycles. The Kier molecular flexibility index (Phi) is 8.73. The number of anilines is 1. The molecule has 0 spiro atoms. The van der Waals surface area contributed by atoms with Crippen molar-refractivity contribution in [3.63, 3.8) is 0 Å². The Morgan fingerprint density at radius 2 is 1.93 bits per heavy atom. The number of halogens is 3. The van der Waals surface area contributed by atoms with Crippen LogP contribution in [-0.2, 0) is 16.0 Å². The van der Waals surface area contributed by atoms with Crippen molar-refractivity contribution in [3.05, 3.63) is 57.8 Å². The van der Waals surface area contributed by atoms with Crippen LogP contribution >= 0.6 is 23.2 Å². The number of hydrogen-bond acceptors (Lipinski definition) is 3. The second-order valence-electron chi connectivity index (χ2n) is 6.46. The Morgan fingerprint density at radius 1 is 1.17 bits per heavy atom. The number of benzene rings is 2. The van der Waals surface area contributed by atoms with Crippen molar-refractivity contribution in [2.75, 3.05) is 25.5 Å². The lowest BCUT2D eigenvalue weighted by atomic mass is 10.1. The third-order valence-electron chi connectivity index (χ3n) is 4.23. The van der Waals surface area contributed by atoms with E-state index in [0.717, 1.165) is 0 Å². The van der Waals surface area contributed by atoms with Crippen molar-refractivity contribution in [3.8, 4) is 5.75 Å². The Bertz CT molecular complexity index is 877. The van der Waals surface area contributed by atoms with E-state index < -0.39 is 5.82 Å². The van der Waals surface area contributed by atoms with Crippen LogP contribution < -0.4 is 10.1 Å². The molecule has 0 fully saturated rings. The highest BCUT2D eigenvalue weighted by Crippen LogP contribution is 2.25. The summed E-state index contributed by atoms with van der Waals surface area (Å²) >= 11 is 11.9. The zero-order chi connectivity index (χ0) is 21.4. The molecule has 0 aliphatic rings. The summed E-state index contributed by atoms with van der Waals surface area (Å²) in [6.45, 7) is 2.27. The molecule has 5 nitrogen and oxygen atoms in total. The molecule has 2 amide bonds. The molecule has 2 aromatic carbocycles. The number of nitrogens with zero attached hydrogens (tertiary/aromatic N) is 1.